The number of hydrogen-bond donors (Lipinski definition) is 2. The zero-order valence-corrected chi connectivity index (χ0v) is 22.0. The predicted octanol–water partition coefficient (Wildman–Crippen LogP) is 5.15. The van der Waals surface area contributed by atoms with Crippen molar-refractivity contribution < 1.29 is 9.59 Å². The Hall–Kier alpha value is -3.87. The number of aromatic nitrogens is 1. The topological polar surface area (TPSA) is 83.4 Å². The molecule has 0 aliphatic carbocycles. The molecule has 1 aliphatic heterocycles. The van der Waals surface area contributed by atoms with Crippen LogP contribution in [0, 0.1) is 6.92 Å². The number of carbonyl (C=O) groups is 2. The van der Waals surface area contributed by atoms with Crippen LogP contribution < -0.4 is 21.1 Å². The maximum absolute atomic E-state index is 13.3. The van der Waals surface area contributed by atoms with E-state index in [-0.39, 0.29) is 29.5 Å². The van der Waals surface area contributed by atoms with E-state index in [2.05, 4.69) is 17.6 Å². The highest BCUT2D eigenvalue weighted by molar-refractivity contribution is 6.11. The number of fused-ring (bicyclic) bond motifs is 1. The molecule has 0 fully saturated rings. The molecule has 1 atom stereocenters. The minimum atomic E-state index is -0.726. The van der Waals surface area contributed by atoms with Gasteiger partial charge in [-0.3, -0.25) is 14.4 Å². The van der Waals surface area contributed by atoms with E-state index in [9.17, 15) is 14.4 Å². The highest BCUT2D eigenvalue weighted by Crippen LogP contribution is 2.46. The number of carbonyl (C=O) groups excluding carboxylic acids is 2. The number of hydrogen-bond acceptors (Lipinski definition) is 4. The van der Waals surface area contributed by atoms with E-state index in [1.807, 2.05) is 75.1 Å². The Morgan fingerprint density at radius 3 is 2.25 bits per heavy atom. The van der Waals surface area contributed by atoms with Gasteiger partial charge in [-0.15, -0.1) is 0 Å². The van der Waals surface area contributed by atoms with E-state index in [1.165, 1.54) is 10.8 Å². The van der Waals surface area contributed by atoms with Crippen molar-refractivity contribution in [3.63, 3.8) is 0 Å². The van der Waals surface area contributed by atoms with Crippen LogP contribution in [-0.4, -0.2) is 22.4 Å². The number of benzene rings is 2. The highest BCUT2D eigenvalue weighted by Gasteiger charge is 2.45. The quantitative estimate of drug-likeness (QED) is 0.505. The smallest absolute Gasteiger partial charge is 0.257 e. The summed E-state index contributed by atoms with van der Waals surface area (Å²) in [5, 5.41) is 6.58. The fourth-order valence-electron chi connectivity index (χ4n) is 4.80. The molecule has 7 heteroatoms. The van der Waals surface area contributed by atoms with Crippen LogP contribution in [0.4, 0.5) is 17.1 Å². The molecule has 1 aromatic heterocycles. The zero-order valence-electron chi connectivity index (χ0n) is 22.0. The summed E-state index contributed by atoms with van der Waals surface area (Å²) in [5.74, 6) is -0.293. The number of amides is 2. The van der Waals surface area contributed by atoms with Crippen molar-refractivity contribution in [1.29, 1.82) is 0 Å². The second-order valence-electron chi connectivity index (χ2n) is 10.4. The molecule has 0 saturated carbocycles. The highest BCUT2D eigenvalue weighted by atomic mass is 16.2. The van der Waals surface area contributed by atoms with Crippen LogP contribution in [0.5, 0.6) is 0 Å². The van der Waals surface area contributed by atoms with Gasteiger partial charge in [0.1, 0.15) is 0 Å². The lowest BCUT2D eigenvalue weighted by atomic mass is 9.85. The molecule has 2 N–H and O–H groups in total. The van der Waals surface area contributed by atoms with Gasteiger partial charge < -0.3 is 20.1 Å². The van der Waals surface area contributed by atoms with Gasteiger partial charge in [-0.2, -0.15) is 0 Å². The van der Waals surface area contributed by atoms with E-state index in [1.54, 1.807) is 20.0 Å². The van der Waals surface area contributed by atoms with Crippen molar-refractivity contribution in [2.75, 3.05) is 15.5 Å². The summed E-state index contributed by atoms with van der Waals surface area (Å²) >= 11 is 0. The largest absolute Gasteiger partial charge is 0.377 e. The number of pyridine rings is 1. The third-order valence-electron chi connectivity index (χ3n) is 6.88. The summed E-state index contributed by atoms with van der Waals surface area (Å²) in [4.78, 5) is 40.6. The minimum Gasteiger partial charge on any atom is -0.377 e. The fraction of sp³-hybridized carbons (Fsp3) is 0.345. The number of nitrogens with zero attached hydrogens (tertiary/aromatic N) is 2. The van der Waals surface area contributed by atoms with Crippen LogP contribution in [-0.2, 0) is 17.3 Å². The standard InChI is InChI=1S/C29H34N4O3/c1-17(2)33-25-15-24(30-19(4)20-11-9-8-10-12-20)23(14-22(25)29(5,6)28(33)36)31-26(34)21-13-18(3)27(35)32(7)16-21/h8-17,19,30H,1-7H3,(H,31,34)/t19-/m0/s1. The Morgan fingerprint density at radius 2 is 1.64 bits per heavy atom. The Morgan fingerprint density at radius 1 is 0.972 bits per heavy atom. The van der Waals surface area contributed by atoms with E-state index >= 15 is 0 Å². The fourth-order valence-corrected chi connectivity index (χ4v) is 4.80. The first-order valence-corrected chi connectivity index (χ1v) is 12.2. The second kappa shape index (κ2) is 9.30. The number of anilines is 3. The van der Waals surface area contributed by atoms with E-state index in [4.69, 9.17) is 0 Å². The monoisotopic (exact) mass is 486 g/mol. The van der Waals surface area contributed by atoms with Gasteiger partial charge in [0.15, 0.2) is 0 Å². The number of rotatable bonds is 6. The number of nitrogens with one attached hydrogen (secondary N) is 2. The lowest BCUT2D eigenvalue weighted by molar-refractivity contribution is -0.122. The lowest BCUT2D eigenvalue weighted by Gasteiger charge is -2.25. The van der Waals surface area contributed by atoms with E-state index < -0.39 is 5.41 Å². The zero-order chi connectivity index (χ0) is 26.4. The normalized spacial score (nSPS) is 15.1. The first kappa shape index (κ1) is 25.2. The first-order chi connectivity index (χ1) is 16.9. The maximum atomic E-state index is 13.3. The van der Waals surface area contributed by atoms with Crippen LogP contribution in [0.25, 0.3) is 0 Å². The van der Waals surface area contributed by atoms with Crippen molar-refractivity contribution in [3.05, 3.63) is 87.3 Å². The molecule has 0 saturated heterocycles. The molecule has 0 radical (unpaired) electrons. The average Bonchev–Trinajstić information content (AvgIpc) is 3.02. The lowest BCUT2D eigenvalue weighted by Crippen LogP contribution is -2.40. The molecule has 2 amide bonds. The van der Waals surface area contributed by atoms with Crippen molar-refractivity contribution >= 4 is 28.9 Å². The van der Waals surface area contributed by atoms with Crippen LogP contribution in [0.15, 0.2) is 59.5 Å². The first-order valence-electron chi connectivity index (χ1n) is 12.2. The van der Waals surface area contributed by atoms with Crippen LogP contribution in [0.1, 0.15) is 67.7 Å². The molecule has 2 heterocycles. The summed E-state index contributed by atoms with van der Waals surface area (Å²) in [5.41, 5.74) is 4.13. The summed E-state index contributed by atoms with van der Waals surface area (Å²) in [6, 6.07) is 15.5. The second-order valence-corrected chi connectivity index (χ2v) is 10.4. The Bertz CT molecular complexity index is 1360. The van der Waals surface area contributed by atoms with Crippen molar-refractivity contribution in [2.24, 2.45) is 7.05 Å². The van der Waals surface area contributed by atoms with Crippen LogP contribution >= 0.6 is 0 Å². The molecule has 0 spiro atoms. The summed E-state index contributed by atoms with van der Waals surface area (Å²) in [6.07, 6.45) is 1.53. The van der Waals surface area contributed by atoms with Crippen LogP contribution in [0.3, 0.4) is 0 Å². The van der Waals surface area contributed by atoms with Gasteiger partial charge >= 0.3 is 0 Å². The van der Waals surface area contributed by atoms with Gasteiger partial charge in [0.05, 0.1) is 28.0 Å². The average molecular weight is 487 g/mol. The molecule has 3 aromatic rings. The molecule has 36 heavy (non-hydrogen) atoms. The molecule has 0 bridgehead atoms. The predicted molar refractivity (Wildman–Crippen MR) is 145 cm³/mol. The van der Waals surface area contributed by atoms with Crippen molar-refractivity contribution in [2.45, 2.75) is 59.0 Å². The molecular weight excluding hydrogens is 452 g/mol. The molecule has 188 valence electrons. The summed E-state index contributed by atoms with van der Waals surface area (Å²) in [7, 11) is 1.63. The molecular formula is C29H34N4O3. The van der Waals surface area contributed by atoms with E-state index in [0.717, 1.165) is 22.5 Å². The third kappa shape index (κ3) is 4.41. The van der Waals surface area contributed by atoms with E-state index in [0.29, 0.717) is 16.8 Å². The Balaban J connectivity index is 1.81. The van der Waals surface area contributed by atoms with Gasteiger partial charge in [-0.25, -0.2) is 0 Å². The maximum Gasteiger partial charge on any atom is 0.257 e. The Labute approximate surface area is 212 Å². The molecule has 1 aliphatic rings. The molecule has 4 rings (SSSR count). The molecule has 2 aromatic carbocycles. The van der Waals surface area contributed by atoms with Crippen molar-refractivity contribution in [1.82, 2.24) is 4.57 Å². The number of aryl methyl sites for hydroxylation is 2. The van der Waals surface area contributed by atoms with Gasteiger partial charge in [0.2, 0.25) is 5.91 Å². The Kier molecular flexibility index (Phi) is 6.52. The third-order valence-corrected chi connectivity index (χ3v) is 6.88. The van der Waals surface area contributed by atoms with Gasteiger partial charge in [0.25, 0.3) is 11.5 Å². The van der Waals surface area contributed by atoms with Gasteiger partial charge in [-0.05, 0) is 70.9 Å². The van der Waals surface area contributed by atoms with Gasteiger partial charge in [-0.1, -0.05) is 30.3 Å². The van der Waals surface area contributed by atoms with Crippen molar-refractivity contribution in [3.8, 4) is 0 Å². The minimum absolute atomic E-state index is 0.00792. The molecule has 0 unspecified atom stereocenters. The molecule has 7 nitrogen and oxygen atoms in total. The summed E-state index contributed by atoms with van der Waals surface area (Å²) < 4.78 is 1.41. The SMILES string of the molecule is Cc1cc(C(=O)Nc2cc3c(cc2N[C@@H](C)c2ccccc2)N(C(C)C)C(=O)C3(C)C)cn(C)c1=O. The summed E-state index contributed by atoms with van der Waals surface area (Å²) in [6.45, 7) is 11.6. The van der Waals surface area contributed by atoms with Crippen LogP contribution in [0.2, 0.25) is 0 Å². The van der Waals surface area contributed by atoms with Gasteiger partial charge in [0, 0.05) is 30.9 Å².